The number of hydrogen-bond acceptors (Lipinski definition) is 5. The molecule has 35 heavy (non-hydrogen) atoms. The van der Waals surface area contributed by atoms with Crippen LogP contribution in [-0.2, 0) is 11.3 Å². The van der Waals surface area contributed by atoms with Gasteiger partial charge in [-0.1, -0.05) is 41.9 Å². The highest BCUT2D eigenvalue weighted by Gasteiger charge is 2.18. The van der Waals surface area contributed by atoms with Crippen LogP contribution < -0.4 is 16.4 Å². The van der Waals surface area contributed by atoms with Gasteiger partial charge < -0.3 is 16.2 Å². The number of aromatic nitrogens is 2. The van der Waals surface area contributed by atoms with Gasteiger partial charge in [-0.3, -0.25) is 14.5 Å². The minimum absolute atomic E-state index is 0.499. The Labute approximate surface area is 208 Å². The monoisotopic (exact) mass is 490 g/mol. The highest BCUT2D eigenvalue weighted by molar-refractivity contribution is 6.31. The maximum Gasteiger partial charge on any atom is 0.323 e. The first-order valence-corrected chi connectivity index (χ1v) is 11.9. The predicted molar refractivity (Wildman–Crippen MR) is 140 cm³/mol. The van der Waals surface area contributed by atoms with Crippen LogP contribution in [0.2, 0.25) is 5.02 Å². The minimum Gasteiger partial charge on any atom is -0.382 e. The van der Waals surface area contributed by atoms with Gasteiger partial charge in [-0.2, -0.15) is 5.10 Å². The molecule has 1 aromatic heterocycles. The molecule has 0 spiro atoms. The second-order valence-electron chi connectivity index (χ2n) is 8.46. The quantitative estimate of drug-likeness (QED) is 0.414. The molecule has 0 radical (unpaired) electrons. The molecule has 3 aromatic carbocycles. The fourth-order valence-electron chi connectivity index (χ4n) is 4.54. The summed E-state index contributed by atoms with van der Waals surface area (Å²) in [7, 11) is 0. The molecule has 8 nitrogen and oxygen atoms in total. The Morgan fingerprint density at radius 2 is 1.74 bits per heavy atom. The number of nitrogens with two attached hydrogens (primary N) is 2. The summed E-state index contributed by atoms with van der Waals surface area (Å²) < 4.78 is 7.42. The molecule has 0 aliphatic carbocycles. The molecule has 1 aliphatic heterocycles. The molecule has 1 saturated heterocycles. The first kappa shape index (κ1) is 23.2. The topological polar surface area (TPSA) is 103 Å². The number of hydrogen-bond donors (Lipinski definition) is 2. The molecule has 0 bridgehead atoms. The number of nitrogen functional groups attached to an aromatic ring is 1. The van der Waals surface area contributed by atoms with Crippen LogP contribution in [0.5, 0.6) is 0 Å². The molecule has 0 unspecified atom stereocenters. The molecule has 4 N–H and O–H groups in total. The van der Waals surface area contributed by atoms with Crippen LogP contribution in [0.25, 0.3) is 22.0 Å². The van der Waals surface area contributed by atoms with Crippen molar-refractivity contribution in [3.8, 4) is 11.1 Å². The van der Waals surface area contributed by atoms with Gasteiger partial charge in [0.05, 0.1) is 42.0 Å². The normalized spacial score (nSPS) is 14.3. The number of morpholine rings is 1. The van der Waals surface area contributed by atoms with E-state index in [9.17, 15) is 4.79 Å². The van der Waals surface area contributed by atoms with E-state index in [2.05, 4.69) is 10.00 Å². The molecule has 9 heteroatoms. The number of fused-ring (bicyclic) bond motifs is 1. The molecular weight excluding hydrogens is 464 g/mol. The van der Waals surface area contributed by atoms with Crippen molar-refractivity contribution in [2.24, 2.45) is 5.73 Å². The summed E-state index contributed by atoms with van der Waals surface area (Å²) in [6.45, 7) is 5.06. The second kappa shape index (κ2) is 9.95. The maximum absolute atomic E-state index is 12.2. The summed E-state index contributed by atoms with van der Waals surface area (Å²) in [6, 6.07) is 20.1. The molecule has 2 heterocycles. The molecule has 180 valence electrons. The van der Waals surface area contributed by atoms with Gasteiger partial charge in [-0.05, 0) is 47.5 Å². The van der Waals surface area contributed by atoms with E-state index < -0.39 is 6.03 Å². The first-order chi connectivity index (χ1) is 17.0. The van der Waals surface area contributed by atoms with E-state index in [1.165, 1.54) is 4.90 Å². The number of urea groups is 1. The molecule has 5 rings (SSSR count). The average molecular weight is 491 g/mol. The predicted octanol–water partition coefficient (Wildman–Crippen LogP) is 4.49. The van der Waals surface area contributed by atoms with E-state index in [4.69, 9.17) is 27.8 Å². The van der Waals surface area contributed by atoms with Crippen molar-refractivity contribution in [3.63, 3.8) is 0 Å². The van der Waals surface area contributed by atoms with Gasteiger partial charge in [0.2, 0.25) is 0 Å². The van der Waals surface area contributed by atoms with E-state index in [1.54, 1.807) is 24.3 Å². The molecular formula is C26H27ClN6O2. The number of rotatable bonds is 6. The van der Waals surface area contributed by atoms with Gasteiger partial charge in [-0.25, -0.2) is 4.79 Å². The SMILES string of the molecule is NC(=O)N(c1ccc(-c2cccc3c2c(N)nn3CCN2CCOCC2)cc1)c1cccc(Cl)c1. The van der Waals surface area contributed by atoms with Gasteiger partial charge in [0.1, 0.15) is 0 Å². The molecule has 0 atom stereocenters. The summed E-state index contributed by atoms with van der Waals surface area (Å²) in [5.41, 5.74) is 16.3. The zero-order chi connectivity index (χ0) is 24.4. The lowest BCUT2D eigenvalue weighted by Crippen LogP contribution is -2.38. The number of ether oxygens (including phenoxy) is 1. The van der Waals surface area contributed by atoms with Gasteiger partial charge in [0.25, 0.3) is 0 Å². The fraction of sp³-hybridized carbons (Fsp3) is 0.231. The number of carbonyl (C=O) groups is 1. The van der Waals surface area contributed by atoms with Crippen LogP contribution >= 0.6 is 11.6 Å². The molecule has 2 amide bonds. The number of halogens is 1. The van der Waals surface area contributed by atoms with Crippen molar-refractivity contribution in [1.29, 1.82) is 0 Å². The van der Waals surface area contributed by atoms with Crippen molar-refractivity contribution in [2.75, 3.05) is 43.5 Å². The fourth-order valence-corrected chi connectivity index (χ4v) is 4.72. The lowest BCUT2D eigenvalue weighted by molar-refractivity contribution is 0.0361. The number of carbonyl (C=O) groups excluding carboxylic acids is 1. The van der Waals surface area contributed by atoms with E-state index in [-0.39, 0.29) is 0 Å². The number of primary amides is 1. The van der Waals surface area contributed by atoms with Crippen molar-refractivity contribution < 1.29 is 9.53 Å². The Bertz CT molecular complexity index is 1350. The Balaban J connectivity index is 1.44. The first-order valence-electron chi connectivity index (χ1n) is 11.5. The Morgan fingerprint density at radius 3 is 2.46 bits per heavy atom. The van der Waals surface area contributed by atoms with Crippen LogP contribution in [0.15, 0.2) is 66.7 Å². The van der Waals surface area contributed by atoms with Crippen LogP contribution in [0.4, 0.5) is 22.0 Å². The number of amides is 2. The van der Waals surface area contributed by atoms with Crippen molar-refractivity contribution in [1.82, 2.24) is 14.7 Å². The van der Waals surface area contributed by atoms with E-state index in [1.807, 2.05) is 47.1 Å². The lowest BCUT2D eigenvalue weighted by atomic mass is 10.0. The maximum atomic E-state index is 12.2. The number of anilines is 3. The lowest BCUT2D eigenvalue weighted by Gasteiger charge is -2.26. The third kappa shape index (κ3) is 4.81. The highest BCUT2D eigenvalue weighted by Crippen LogP contribution is 2.35. The van der Waals surface area contributed by atoms with Crippen molar-refractivity contribution in [2.45, 2.75) is 6.54 Å². The van der Waals surface area contributed by atoms with Gasteiger partial charge in [-0.15, -0.1) is 0 Å². The Morgan fingerprint density at radius 1 is 1.00 bits per heavy atom. The zero-order valence-electron chi connectivity index (χ0n) is 19.2. The van der Waals surface area contributed by atoms with E-state index in [0.717, 1.165) is 61.4 Å². The molecule has 1 aliphatic rings. The number of benzene rings is 3. The summed E-state index contributed by atoms with van der Waals surface area (Å²) in [4.78, 5) is 16.0. The average Bonchev–Trinajstić information content (AvgIpc) is 3.19. The smallest absolute Gasteiger partial charge is 0.323 e. The Hall–Kier alpha value is -3.59. The molecule has 4 aromatic rings. The van der Waals surface area contributed by atoms with Crippen LogP contribution in [0.1, 0.15) is 0 Å². The molecule has 0 saturated carbocycles. The molecule has 1 fully saturated rings. The second-order valence-corrected chi connectivity index (χ2v) is 8.90. The third-order valence-electron chi connectivity index (χ3n) is 6.26. The van der Waals surface area contributed by atoms with Crippen LogP contribution in [-0.4, -0.2) is 53.6 Å². The standard InChI is InChI=1S/C26H27ClN6O2/c27-19-3-1-4-21(17-19)33(26(29)34)20-9-7-18(8-10-20)22-5-2-6-23-24(22)25(28)30-32(23)12-11-31-13-15-35-16-14-31/h1-10,17H,11-16H2,(H2,28,30)(H2,29,34). The van der Waals surface area contributed by atoms with E-state index in [0.29, 0.717) is 22.2 Å². The van der Waals surface area contributed by atoms with Crippen molar-refractivity contribution >= 4 is 45.7 Å². The third-order valence-corrected chi connectivity index (χ3v) is 6.50. The Kier molecular flexibility index (Phi) is 6.59. The van der Waals surface area contributed by atoms with Gasteiger partial charge in [0, 0.05) is 24.7 Å². The van der Waals surface area contributed by atoms with Crippen LogP contribution in [0, 0.1) is 0 Å². The van der Waals surface area contributed by atoms with E-state index >= 15 is 0 Å². The summed E-state index contributed by atoms with van der Waals surface area (Å²) in [5.74, 6) is 0.499. The summed E-state index contributed by atoms with van der Waals surface area (Å²) >= 11 is 6.12. The zero-order valence-corrected chi connectivity index (χ0v) is 20.0. The largest absolute Gasteiger partial charge is 0.382 e. The summed E-state index contributed by atoms with van der Waals surface area (Å²) in [5, 5.41) is 6.08. The minimum atomic E-state index is -0.590. The van der Waals surface area contributed by atoms with Gasteiger partial charge >= 0.3 is 6.03 Å². The van der Waals surface area contributed by atoms with Crippen molar-refractivity contribution in [3.05, 3.63) is 71.8 Å². The highest BCUT2D eigenvalue weighted by atomic mass is 35.5. The number of nitrogens with zero attached hydrogens (tertiary/aromatic N) is 4. The summed E-state index contributed by atoms with van der Waals surface area (Å²) in [6.07, 6.45) is 0. The van der Waals surface area contributed by atoms with Gasteiger partial charge in [0.15, 0.2) is 5.82 Å². The van der Waals surface area contributed by atoms with Crippen LogP contribution in [0.3, 0.4) is 0 Å².